The number of aliphatic imine (C=N–C) groups is 1. The van der Waals surface area contributed by atoms with Crippen LogP contribution in [0.1, 0.15) is 71.6 Å². The Labute approximate surface area is 197 Å². The molecule has 3 unspecified atom stereocenters. The van der Waals surface area contributed by atoms with Crippen molar-refractivity contribution in [2.24, 2.45) is 28.7 Å². The number of nitrogens with one attached hydrogen (secondary N) is 1. The number of carbonyl (C=O) groups is 1. The van der Waals surface area contributed by atoms with Gasteiger partial charge in [0.2, 0.25) is 5.91 Å². The highest BCUT2D eigenvalue weighted by Crippen LogP contribution is 2.35. The zero-order valence-corrected chi connectivity index (χ0v) is 21.5. The fourth-order valence-corrected chi connectivity index (χ4v) is 6.79. The van der Waals surface area contributed by atoms with E-state index in [0.717, 1.165) is 56.4 Å². The minimum atomic E-state index is 0.0586. The number of rotatable bonds is 6. The molecule has 32 heavy (non-hydrogen) atoms. The van der Waals surface area contributed by atoms with Crippen molar-refractivity contribution in [3.63, 3.8) is 0 Å². The van der Waals surface area contributed by atoms with Crippen LogP contribution in [0.25, 0.3) is 0 Å². The van der Waals surface area contributed by atoms with Crippen molar-refractivity contribution in [2.45, 2.75) is 77.7 Å². The zero-order valence-electron chi connectivity index (χ0n) is 21.5. The van der Waals surface area contributed by atoms with Gasteiger partial charge < -0.3 is 15.1 Å². The molecule has 6 nitrogen and oxygen atoms in total. The summed E-state index contributed by atoms with van der Waals surface area (Å²) < 4.78 is 0. The zero-order chi connectivity index (χ0) is 23.1. The third kappa shape index (κ3) is 6.61. The Hall–Kier alpha value is -1.30. The number of carbonyl (C=O) groups excluding carboxylic acids is 1. The normalized spacial score (nSPS) is 29.6. The number of likely N-dealkylation sites (N-methyl/N-ethyl adjacent to an activating group) is 1. The maximum atomic E-state index is 13.8. The summed E-state index contributed by atoms with van der Waals surface area (Å²) in [6.45, 7) is 9.48. The Morgan fingerprint density at radius 1 is 1.03 bits per heavy atom. The largest absolute Gasteiger partial charge is 0.359 e. The number of guanidine groups is 1. The monoisotopic (exact) mass is 447 g/mol. The summed E-state index contributed by atoms with van der Waals surface area (Å²) in [6, 6.07) is 0.0586. The van der Waals surface area contributed by atoms with Crippen LogP contribution in [0.5, 0.6) is 0 Å². The molecule has 0 bridgehead atoms. The molecule has 2 saturated carbocycles. The molecule has 1 amide bonds. The second-order valence-corrected chi connectivity index (χ2v) is 11.0. The molecule has 6 heteroatoms. The summed E-state index contributed by atoms with van der Waals surface area (Å²) in [5.41, 5.74) is 0. The van der Waals surface area contributed by atoms with Gasteiger partial charge in [-0.1, -0.05) is 33.1 Å². The van der Waals surface area contributed by atoms with Crippen molar-refractivity contribution in [1.29, 1.82) is 0 Å². The Kier molecular flexibility index (Phi) is 9.69. The van der Waals surface area contributed by atoms with Crippen molar-refractivity contribution >= 4 is 11.9 Å². The van der Waals surface area contributed by atoms with Crippen molar-refractivity contribution in [2.75, 3.05) is 53.9 Å². The standard InChI is InChI=1S/C26H49N5O/c1-20-17-21(2)19-22(18-20)11-12-29(5)25(32)24(23-9-7-6-8-10-23)30-13-15-31(16-14-30)26(27-3)28-4/h20-24H,6-19H2,1-5H3,(H,27,28). The summed E-state index contributed by atoms with van der Waals surface area (Å²) in [6.07, 6.45) is 11.5. The molecule has 0 radical (unpaired) electrons. The first kappa shape index (κ1) is 25.3. The second-order valence-electron chi connectivity index (χ2n) is 11.0. The Bertz CT molecular complexity index is 599. The first-order valence-corrected chi connectivity index (χ1v) is 13.3. The average Bonchev–Trinajstić information content (AvgIpc) is 2.79. The van der Waals surface area contributed by atoms with Gasteiger partial charge >= 0.3 is 0 Å². The number of hydrogen-bond donors (Lipinski definition) is 1. The van der Waals surface area contributed by atoms with E-state index in [1.165, 1.54) is 57.8 Å². The summed E-state index contributed by atoms with van der Waals surface area (Å²) >= 11 is 0. The van der Waals surface area contributed by atoms with E-state index in [1.807, 2.05) is 14.1 Å². The van der Waals surface area contributed by atoms with Crippen LogP contribution in [0.4, 0.5) is 0 Å². The molecular formula is C26H49N5O. The van der Waals surface area contributed by atoms with Gasteiger partial charge in [-0.15, -0.1) is 0 Å². The van der Waals surface area contributed by atoms with Gasteiger partial charge in [-0.05, 0) is 62.2 Å². The summed E-state index contributed by atoms with van der Waals surface area (Å²) in [5.74, 6) is 4.31. The van der Waals surface area contributed by atoms with E-state index in [0.29, 0.717) is 11.8 Å². The molecule has 1 aliphatic heterocycles. The second kappa shape index (κ2) is 12.2. The van der Waals surface area contributed by atoms with Crippen LogP contribution in [0.15, 0.2) is 4.99 Å². The summed E-state index contributed by atoms with van der Waals surface area (Å²) in [4.78, 5) is 25.1. The first-order valence-electron chi connectivity index (χ1n) is 13.3. The van der Waals surface area contributed by atoms with Crippen molar-refractivity contribution in [3.05, 3.63) is 0 Å². The van der Waals surface area contributed by atoms with Gasteiger partial charge in [0.1, 0.15) is 0 Å². The van der Waals surface area contributed by atoms with E-state index in [1.54, 1.807) is 0 Å². The Morgan fingerprint density at radius 3 is 2.22 bits per heavy atom. The van der Waals surface area contributed by atoms with E-state index in [4.69, 9.17) is 0 Å². The molecule has 3 rings (SSSR count). The average molecular weight is 448 g/mol. The number of piperazine rings is 1. The molecule has 0 aromatic heterocycles. The molecule has 1 saturated heterocycles. The molecule has 3 aliphatic rings. The maximum Gasteiger partial charge on any atom is 0.239 e. The minimum Gasteiger partial charge on any atom is -0.359 e. The minimum absolute atomic E-state index is 0.0586. The van der Waals surface area contributed by atoms with Crippen molar-refractivity contribution in [3.8, 4) is 0 Å². The van der Waals surface area contributed by atoms with Gasteiger partial charge in [-0.2, -0.15) is 0 Å². The SMILES string of the molecule is CN=C(NC)N1CCN(C(C(=O)N(C)CCC2CC(C)CC(C)C2)C2CCCCC2)CC1. The quantitative estimate of drug-likeness (QED) is 0.498. The van der Waals surface area contributed by atoms with Gasteiger partial charge in [0.05, 0.1) is 6.04 Å². The van der Waals surface area contributed by atoms with E-state index in [9.17, 15) is 4.79 Å². The molecule has 1 heterocycles. The van der Waals surface area contributed by atoms with Crippen LogP contribution >= 0.6 is 0 Å². The summed E-state index contributed by atoms with van der Waals surface area (Å²) in [7, 11) is 5.84. The van der Waals surface area contributed by atoms with Crippen molar-refractivity contribution in [1.82, 2.24) is 20.0 Å². The number of nitrogens with zero attached hydrogens (tertiary/aromatic N) is 4. The van der Waals surface area contributed by atoms with Crippen LogP contribution in [0.2, 0.25) is 0 Å². The number of amides is 1. The van der Waals surface area contributed by atoms with Crippen LogP contribution in [0.3, 0.4) is 0 Å². The van der Waals surface area contributed by atoms with E-state index >= 15 is 0 Å². The van der Waals surface area contributed by atoms with Crippen molar-refractivity contribution < 1.29 is 4.79 Å². The smallest absolute Gasteiger partial charge is 0.239 e. The van der Waals surface area contributed by atoms with Gasteiger partial charge in [0.25, 0.3) is 0 Å². The van der Waals surface area contributed by atoms with E-state index in [2.05, 4.69) is 45.9 Å². The lowest BCUT2D eigenvalue weighted by atomic mass is 9.75. The molecule has 184 valence electrons. The highest BCUT2D eigenvalue weighted by atomic mass is 16.2. The highest BCUT2D eigenvalue weighted by Gasteiger charge is 2.38. The molecular weight excluding hydrogens is 398 g/mol. The summed E-state index contributed by atoms with van der Waals surface area (Å²) in [5, 5.41) is 3.21. The van der Waals surface area contributed by atoms with Gasteiger partial charge in [0, 0.05) is 53.9 Å². The van der Waals surface area contributed by atoms with Gasteiger partial charge in [0.15, 0.2) is 5.96 Å². The van der Waals surface area contributed by atoms with Crippen LogP contribution in [-0.4, -0.2) is 86.5 Å². The first-order chi connectivity index (χ1) is 15.4. The van der Waals surface area contributed by atoms with E-state index < -0.39 is 0 Å². The predicted molar refractivity (Wildman–Crippen MR) is 134 cm³/mol. The topological polar surface area (TPSA) is 51.2 Å². The third-order valence-corrected chi connectivity index (χ3v) is 8.32. The van der Waals surface area contributed by atoms with Crippen LogP contribution in [-0.2, 0) is 4.79 Å². The fourth-order valence-electron chi connectivity index (χ4n) is 6.79. The van der Waals surface area contributed by atoms with Gasteiger partial charge in [-0.3, -0.25) is 14.7 Å². The highest BCUT2D eigenvalue weighted by molar-refractivity contribution is 5.82. The lowest BCUT2D eigenvalue weighted by molar-refractivity contribution is -0.139. The molecule has 0 aromatic rings. The fraction of sp³-hybridized carbons (Fsp3) is 0.923. The molecule has 3 atom stereocenters. The van der Waals surface area contributed by atoms with E-state index in [-0.39, 0.29) is 6.04 Å². The molecule has 0 aromatic carbocycles. The predicted octanol–water partition coefficient (Wildman–Crippen LogP) is 3.68. The Balaban J connectivity index is 1.61. The number of hydrogen-bond acceptors (Lipinski definition) is 3. The van der Waals surface area contributed by atoms with Crippen LogP contribution < -0.4 is 5.32 Å². The van der Waals surface area contributed by atoms with Crippen LogP contribution in [0, 0.1) is 23.7 Å². The maximum absolute atomic E-state index is 13.8. The lowest BCUT2D eigenvalue weighted by Gasteiger charge is -2.44. The third-order valence-electron chi connectivity index (χ3n) is 8.32. The van der Waals surface area contributed by atoms with Gasteiger partial charge in [-0.25, -0.2) is 0 Å². The lowest BCUT2D eigenvalue weighted by Crippen LogP contribution is -2.59. The molecule has 3 fully saturated rings. The molecule has 2 aliphatic carbocycles. The Morgan fingerprint density at radius 2 is 1.66 bits per heavy atom. The molecule has 0 spiro atoms. The molecule has 1 N–H and O–H groups in total.